The zero-order valence-electron chi connectivity index (χ0n) is 10.5. The van der Waals surface area contributed by atoms with Gasteiger partial charge in [0.25, 0.3) is 0 Å². The van der Waals surface area contributed by atoms with Crippen LogP contribution in [0.25, 0.3) is 0 Å². The molecule has 1 N–H and O–H groups in total. The van der Waals surface area contributed by atoms with E-state index in [9.17, 15) is 9.50 Å². The van der Waals surface area contributed by atoms with Crippen LogP contribution in [0.1, 0.15) is 16.7 Å². The lowest BCUT2D eigenvalue weighted by molar-refractivity contribution is 0.258. The molecule has 0 radical (unpaired) electrons. The maximum absolute atomic E-state index is 13.2. The number of aliphatic hydroxyl groups is 1. The molecule has 0 amide bonds. The third-order valence-corrected chi connectivity index (χ3v) is 3.16. The quantitative estimate of drug-likeness (QED) is 0.922. The highest BCUT2D eigenvalue weighted by Gasteiger charge is 2.05. The van der Waals surface area contributed by atoms with Crippen LogP contribution in [0.2, 0.25) is 0 Å². The van der Waals surface area contributed by atoms with E-state index < -0.39 is 0 Å². The van der Waals surface area contributed by atoms with E-state index in [1.165, 1.54) is 12.1 Å². The molecule has 0 heterocycles. The highest BCUT2D eigenvalue weighted by atomic mass is 79.9. The molecule has 0 unspecified atom stereocenters. The highest BCUT2D eigenvalue weighted by Crippen LogP contribution is 2.22. The molecule has 100 valence electrons. The second-order valence-corrected chi connectivity index (χ2v) is 5.25. The summed E-state index contributed by atoms with van der Waals surface area (Å²) in [5, 5.41) is 9.28. The van der Waals surface area contributed by atoms with Gasteiger partial charge >= 0.3 is 0 Å². The molecule has 0 spiro atoms. The van der Waals surface area contributed by atoms with Gasteiger partial charge in [0.05, 0.1) is 6.61 Å². The fourth-order valence-corrected chi connectivity index (χ4v) is 2.34. The Hall–Kier alpha value is -1.39. The molecule has 2 aromatic rings. The summed E-state index contributed by atoms with van der Waals surface area (Å²) in [7, 11) is 0. The van der Waals surface area contributed by atoms with E-state index in [2.05, 4.69) is 15.9 Å². The molecule has 0 fully saturated rings. The first-order chi connectivity index (χ1) is 9.08. The van der Waals surface area contributed by atoms with Crippen molar-refractivity contribution in [1.29, 1.82) is 0 Å². The van der Waals surface area contributed by atoms with Gasteiger partial charge in [-0.1, -0.05) is 33.6 Å². The van der Waals surface area contributed by atoms with E-state index in [1.54, 1.807) is 6.07 Å². The van der Waals surface area contributed by atoms with Gasteiger partial charge < -0.3 is 9.84 Å². The molecule has 2 rings (SSSR count). The molecule has 0 aliphatic rings. The minimum absolute atomic E-state index is 0.0795. The summed E-state index contributed by atoms with van der Waals surface area (Å²) in [5.74, 6) is 0.313. The van der Waals surface area contributed by atoms with Gasteiger partial charge in [-0.05, 0) is 36.8 Å². The van der Waals surface area contributed by atoms with Gasteiger partial charge in [-0.25, -0.2) is 4.39 Å². The first-order valence-electron chi connectivity index (χ1n) is 5.86. The maximum Gasteiger partial charge on any atom is 0.125 e. The number of aliphatic hydroxyl groups excluding tert-OH is 1. The van der Waals surface area contributed by atoms with Crippen molar-refractivity contribution in [1.82, 2.24) is 0 Å². The Morgan fingerprint density at radius 3 is 2.68 bits per heavy atom. The highest BCUT2D eigenvalue weighted by molar-refractivity contribution is 9.10. The summed E-state index contributed by atoms with van der Waals surface area (Å²) in [6.07, 6.45) is 0. The summed E-state index contributed by atoms with van der Waals surface area (Å²) < 4.78 is 19.5. The minimum atomic E-state index is -0.306. The number of halogens is 2. The van der Waals surface area contributed by atoms with E-state index in [1.807, 2.05) is 25.1 Å². The maximum atomic E-state index is 13.2. The number of hydrogen-bond acceptors (Lipinski definition) is 2. The van der Waals surface area contributed by atoms with Crippen LogP contribution in [-0.4, -0.2) is 5.11 Å². The first kappa shape index (κ1) is 14.0. The average molecular weight is 325 g/mol. The molecule has 0 aromatic heterocycles. The summed E-state index contributed by atoms with van der Waals surface area (Å²) in [6.45, 7) is 2.13. The van der Waals surface area contributed by atoms with Crippen molar-refractivity contribution in [2.45, 2.75) is 20.1 Å². The summed E-state index contributed by atoms with van der Waals surface area (Å²) >= 11 is 3.24. The molecule has 0 bridgehead atoms. The summed E-state index contributed by atoms with van der Waals surface area (Å²) in [5.41, 5.74) is 2.52. The smallest absolute Gasteiger partial charge is 0.125 e. The lowest BCUT2D eigenvalue weighted by Gasteiger charge is -2.11. The van der Waals surface area contributed by atoms with E-state index in [-0.39, 0.29) is 19.0 Å². The predicted molar refractivity (Wildman–Crippen MR) is 75.5 cm³/mol. The van der Waals surface area contributed by atoms with Crippen LogP contribution in [0.5, 0.6) is 5.75 Å². The van der Waals surface area contributed by atoms with Crippen molar-refractivity contribution in [3.8, 4) is 5.75 Å². The van der Waals surface area contributed by atoms with Gasteiger partial charge in [-0.3, -0.25) is 0 Å². The molecule has 0 atom stereocenters. The Bertz CT molecular complexity index is 564. The number of ether oxygens (including phenoxy) is 1. The van der Waals surface area contributed by atoms with E-state index in [4.69, 9.17) is 4.74 Å². The van der Waals surface area contributed by atoms with E-state index in [0.29, 0.717) is 10.2 Å². The third-order valence-electron chi connectivity index (χ3n) is 2.70. The van der Waals surface area contributed by atoms with Gasteiger partial charge in [0.2, 0.25) is 0 Å². The Morgan fingerprint density at radius 2 is 2.00 bits per heavy atom. The number of aryl methyl sites for hydroxylation is 1. The monoisotopic (exact) mass is 324 g/mol. The largest absolute Gasteiger partial charge is 0.489 e. The summed E-state index contributed by atoms with van der Waals surface area (Å²) in [6, 6.07) is 10.2. The molecular weight excluding hydrogens is 311 g/mol. The minimum Gasteiger partial charge on any atom is -0.489 e. The Balaban J connectivity index is 2.14. The molecule has 2 aromatic carbocycles. The van der Waals surface area contributed by atoms with Crippen molar-refractivity contribution in [2.24, 2.45) is 0 Å². The van der Waals surface area contributed by atoms with Crippen molar-refractivity contribution >= 4 is 15.9 Å². The Kier molecular flexibility index (Phi) is 4.56. The second-order valence-electron chi connectivity index (χ2n) is 4.34. The van der Waals surface area contributed by atoms with Crippen molar-refractivity contribution in [2.75, 3.05) is 0 Å². The molecule has 0 aliphatic carbocycles. The van der Waals surface area contributed by atoms with Crippen LogP contribution in [0.4, 0.5) is 4.39 Å². The van der Waals surface area contributed by atoms with E-state index in [0.717, 1.165) is 16.7 Å². The van der Waals surface area contributed by atoms with Gasteiger partial charge in [0.1, 0.15) is 18.2 Å². The van der Waals surface area contributed by atoms with Crippen molar-refractivity contribution in [3.05, 3.63) is 63.4 Å². The molecule has 0 aliphatic heterocycles. The molecule has 2 nitrogen and oxygen atoms in total. The molecule has 19 heavy (non-hydrogen) atoms. The molecule has 0 saturated heterocycles. The van der Waals surface area contributed by atoms with Crippen LogP contribution in [0.3, 0.4) is 0 Å². The van der Waals surface area contributed by atoms with Crippen molar-refractivity contribution < 1.29 is 14.2 Å². The van der Waals surface area contributed by atoms with Gasteiger partial charge in [0.15, 0.2) is 0 Å². The van der Waals surface area contributed by atoms with Crippen LogP contribution >= 0.6 is 15.9 Å². The Morgan fingerprint density at radius 1 is 1.21 bits per heavy atom. The number of benzene rings is 2. The lowest BCUT2D eigenvalue weighted by Crippen LogP contribution is -1.99. The second kappa shape index (κ2) is 6.17. The Labute approximate surface area is 120 Å². The predicted octanol–water partition coefficient (Wildman–Crippen LogP) is 3.97. The topological polar surface area (TPSA) is 29.5 Å². The standard InChI is InChI=1S/C15H14BrFO2/c1-10-2-3-15(12(4-10)8-18)19-9-11-5-13(16)7-14(17)6-11/h2-7,18H,8-9H2,1H3. The molecule has 4 heteroatoms. The van der Waals surface area contributed by atoms with Crippen LogP contribution in [0, 0.1) is 12.7 Å². The number of rotatable bonds is 4. The van der Waals surface area contributed by atoms with Gasteiger partial charge in [-0.2, -0.15) is 0 Å². The van der Waals surface area contributed by atoms with E-state index >= 15 is 0 Å². The van der Waals surface area contributed by atoms with Gasteiger partial charge in [0, 0.05) is 10.0 Å². The normalized spacial score (nSPS) is 10.5. The average Bonchev–Trinajstić information content (AvgIpc) is 2.36. The fourth-order valence-electron chi connectivity index (χ4n) is 1.83. The fraction of sp³-hybridized carbons (Fsp3) is 0.200. The zero-order valence-corrected chi connectivity index (χ0v) is 12.1. The van der Waals surface area contributed by atoms with Crippen LogP contribution in [0.15, 0.2) is 40.9 Å². The SMILES string of the molecule is Cc1ccc(OCc2cc(F)cc(Br)c2)c(CO)c1. The van der Waals surface area contributed by atoms with Crippen molar-refractivity contribution in [3.63, 3.8) is 0 Å². The third kappa shape index (κ3) is 3.78. The molecular formula is C15H14BrFO2. The number of hydrogen-bond donors (Lipinski definition) is 1. The lowest BCUT2D eigenvalue weighted by atomic mass is 10.1. The zero-order chi connectivity index (χ0) is 13.8. The molecule has 0 saturated carbocycles. The summed E-state index contributed by atoms with van der Waals surface area (Å²) in [4.78, 5) is 0. The first-order valence-corrected chi connectivity index (χ1v) is 6.66. The van der Waals surface area contributed by atoms with Gasteiger partial charge in [-0.15, -0.1) is 0 Å². The van der Waals surface area contributed by atoms with Crippen LogP contribution < -0.4 is 4.74 Å². The van der Waals surface area contributed by atoms with Crippen LogP contribution in [-0.2, 0) is 13.2 Å².